The number of unbranched alkanes of at least 4 members (excludes halogenated alkanes) is 2. The van der Waals surface area contributed by atoms with Gasteiger partial charge >= 0.3 is 0 Å². The molecule has 0 saturated heterocycles. The number of H-pyrrole nitrogens is 1. The number of nitrogens with zero attached hydrogens (tertiary/aromatic N) is 7. The molecule has 0 aliphatic heterocycles. The maximum absolute atomic E-state index is 12.1. The van der Waals surface area contributed by atoms with Crippen LogP contribution in [0.4, 0.5) is 0 Å². The van der Waals surface area contributed by atoms with Crippen LogP contribution in [-0.4, -0.2) is 46.2 Å². The molecule has 9 nitrogen and oxygen atoms in total. The van der Waals surface area contributed by atoms with Crippen molar-refractivity contribution in [3.63, 3.8) is 0 Å². The molecule has 0 fully saturated rings. The molecule has 0 aliphatic rings. The lowest BCUT2D eigenvalue weighted by molar-refractivity contribution is 0.0978. The van der Waals surface area contributed by atoms with Crippen LogP contribution in [0.15, 0.2) is 42.6 Å². The monoisotopic (exact) mass is 430 g/mol. The Morgan fingerprint density at radius 3 is 2.66 bits per heavy atom. The number of rotatable bonds is 10. The third kappa shape index (κ3) is 4.77. The fourth-order valence-corrected chi connectivity index (χ4v) is 3.54. The van der Waals surface area contributed by atoms with Gasteiger partial charge in [-0.05, 0) is 28.8 Å². The Bertz CT molecular complexity index is 1170. The zero-order valence-corrected chi connectivity index (χ0v) is 18.3. The van der Waals surface area contributed by atoms with Crippen LogP contribution in [0.3, 0.4) is 0 Å². The number of carbonyl (C=O) groups excluding carboxylic acids is 1. The number of aromatic amines is 1. The number of aryl methyl sites for hydroxylation is 1. The number of nitrogens with one attached hydrogen (secondary N) is 1. The van der Waals surface area contributed by atoms with Crippen molar-refractivity contribution in [2.45, 2.75) is 52.5 Å². The number of Topliss-reactive ketones (excluding diaryl/α,β-unsaturated/α-hetero) is 1. The summed E-state index contributed by atoms with van der Waals surface area (Å²) in [5, 5.41) is 18.7. The van der Waals surface area contributed by atoms with Gasteiger partial charge in [0.1, 0.15) is 11.5 Å². The molecular weight excluding hydrogens is 404 g/mol. The minimum Gasteiger partial charge on any atom is -0.291 e. The molecule has 1 N–H and O–H groups in total. The van der Waals surface area contributed by atoms with E-state index in [-0.39, 0.29) is 5.78 Å². The van der Waals surface area contributed by atoms with E-state index in [0.29, 0.717) is 30.3 Å². The average molecular weight is 431 g/mol. The summed E-state index contributed by atoms with van der Waals surface area (Å²) in [5.41, 5.74) is 3.68. The van der Waals surface area contributed by atoms with Crippen molar-refractivity contribution in [1.82, 2.24) is 40.4 Å². The van der Waals surface area contributed by atoms with E-state index in [4.69, 9.17) is 0 Å². The molecule has 0 bridgehead atoms. The maximum atomic E-state index is 12.1. The van der Waals surface area contributed by atoms with Crippen molar-refractivity contribution in [3.05, 3.63) is 59.8 Å². The second kappa shape index (κ2) is 10.0. The number of hydrogen-bond donors (Lipinski definition) is 1. The highest BCUT2D eigenvalue weighted by molar-refractivity contribution is 5.92. The first-order valence-corrected chi connectivity index (χ1v) is 10.9. The molecule has 0 saturated carbocycles. The molecule has 0 atom stereocenters. The topological polar surface area (TPSA) is 115 Å². The van der Waals surface area contributed by atoms with Crippen LogP contribution in [0.1, 0.15) is 61.5 Å². The van der Waals surface area contributed by atoms with E-state index in [2.05, 4.69) is 54.7 Å². The summed E-state index contributed by atoms with van der Waals surface area (Å²) in [6.45, 7) is 4.57. The number of ketones is 1. The van der Waals surface area contributed by atoms with Crippen molar-refractivity contribution >= 4 is 5.78 Å². The molecule has 4 aromatic rings. The van der Waals surface area contributed by atoms with Crippen molar-refractivity contribution in [2.75, 3.05) is 0 Å². The predicted molar refractivity (Wildman–Crippen MR) is 120 cm³/mol. The highest BCUT2D eigenvalue weighted by Crippen LogP contribution is 2.28. The first kappa shape index (κ1) is 21.5. The Balaban J connectivity index is 1.57. The average Bonchev–Trinajstić information content (AvgIpc) is 3.50. The Kier molecular flexibility index (Phi) is 6.74. The van der Waals surface area contributed by atoms with Crippen LogP contribution in [0, 0.1) is 0 Å². The molecule has 0 aliphatic carbocycles. The van der Waals surface area contributed by atoms with Crippen LogP contribution in [-0.2, 0) is 13.0 Å². The normalized spacial score (nSPS) is 11.1. The highest BCUT2D eigenvalue weighted by Gasteiger charge is 2.16. The van der Waals surface area contributed by atoms with Gasteiger partial charge in [-0.1, -0.05) is 57.0 Å². The maximum Gasteiger partial charge on any atom is 0.223 e. The minimum atomic E-state index is -0.0265. The molecule has 0 radical (unpaired) electrons. The van der Waals surface area contributed by atoms with Crippen LogP contribution < -0.4 is 0 Å². The summed E-state index contributed by atoms with van der Waals surface area (Å²) in [6.07, 6.45) is 6.24. The molecule has 9 heteroatoms. The molecule has 0 amide bonds. The first-order valence-electron chi connectivity index (χ1n) is 10.9. The van der Waals surface area contributed by atoms with E-state index < -0.39 is 0 Å². The van der Waals surface area contributed by atoms with Gasteiger partial charge in [-0.2, -0.15) is 5.21 Å². The van der Waals surface area contributed by atoms with Gasteiger partial charge in [-0.25, -0.2) is 9.67 Å². The van der Waals surface area contributed by atoms with E-state index in [9.17, 15) is 4.79 Å². The Morgan fingerprint density at radius 1 is 1.09 bits per heavy atom. The van der Waals surface area contributed by atoms with Gasteiger partial charge in [-0.3, -0.25) is 9.78 Å². The molecule has 0 spiro atoms. The SMILES string of the molecule is CCCCCc1nc(C(=O)CC)nn1Cc1ccc(-c2cccnc2-c2nn[nH]n2)cc1. The zero-order valence-electron chi connectivity index (χ0n) is 18.3. The van der Waals surface area contributed by atoms with Gasteiger partial charge < -0.3 is 0 Å². The summed E-state index contributed by atoms with van der Waals surface area (Å²) in [7, 11) is 0. The Labute approximate surface area is 186 Å². The highest BCUT2D eigenvalue weighted by atomic mass is 16.1. The van der Waals surface area contributed by atoms with Gasteiger partial charge in [0.2, 0.25) is 17.4 Å². The largest absolute Gasteiger partial charge is 0.291 e. The van der Waals surface area contributed by atoms with Crippen LogP contribution >= 0.6 is 0 Å². The number of tetrazole rings is 1. The zero-order chi connectivity index (χ0) is 22.3. The van der Waals surface area contributed by atoms with Crippen LogP contribution in [0.25, 0.3) is 22.6 Å². The van der Waals surface area contributed by atoms with E-state index in [0.717, 1.165) is 48.2 Å². The Morgan fingerprint density at radius 2 is 1.94 bits per heavy atom. The van der Waals surface area contributed by atoms with Crippen molar-refractivity contribution in [1.29, 1.82) is 0 Å². The van der Waals surface area contributed by atoms with Gasteiger partial charge in [-0.15, -0.1) is 15.3 Å². The fourth-order valence-electron chi connectivity index (χ4n) is 3.54. The molecule has 1 aromatic carbocycles. The summed E-state index contributed by atoms with van der Waals surface area (Å²) < 4.78 is 1.86. The van der Waals surface area contributed by atoms with Gasteiger partial charge in [0.05, 0.1) is 6.54 Å². The summed E-state index contributed by atoms with van der Waals surface area (Å²) >= 11 is 0. The van der Waals surface area contributed by atoms with E-state index in [1.165, 1.54) is 0 Å². The smallest absolute Gasteiger partial charge is 0.223 e. The van der Waals surface area contributed by atoms with E-state index >= 15 is 0 Å². The van der Waals surface area contributed by atoms with Crippen LogP contribution in [0.5, 0.6) is 0 Å². The molecule has 3 heterocycles. The van der Waals surface area contributed by atoms with E-state index in [1.807, 2.05) is 35.9 Å². The number of aromatic nitrogens is 8. The second-order valence-electron chi connectivity index (χ2n) is 7.58. The minimum absolute atomic E-state index is 0.0265. The third-order valence-corrected chi connectivity index (χ3v) is 5.28. The molecule has 4 rings (SSSR count). The molecule has 164 valence electrons. The molecular formula is C23H26N8O. The van der Waals surface area contributed by atoms with Gasteiger partial charge in [0.15, 0.2) is 0 Å². The lowest BCUT2D eigenvalue weighted by atomic mass is 10.0. The number of pyridine rings is 1. The number of hydrogen-bond acceptors (Lipinski definition) is 7. The fraction of sp³-hybridized carbons (Fsp3) is 0.348. The van der Waals surface area contributed by atoms with Crippen molar-refractivity contribution < 1.29 is 4.79 Å². The molecule has 3 aromatic heterocycles. The summed E-state index contributed by atoms with van der Waals surface area (Å²) in [5.74, 6) is 1.61. The van der Waals surface area contributed by atoms with Gasteiger partial charge in [0.25, 0.3) is 0 Å². The standard InChI is InChI=1S/C23H26N8O/c1-3-5-6-9-20-25-22(19(32)4-2)28-31(20)15-16-10-12-17(13-11-16)18-8-7-14-24-21(18)23-26-29-30-27-23/h7-8,10-14H,3-6,9,15H2,1-2H3,(H,26,27,29,30). The van der Waals surface area contributed by atoms with Crippen molar-refractivity contribution in [2.24, 2.45) is 0 Å². The van der Waals surface area contributed by atoms with Gasteiger partial charge in [0, 0.05) is 24.6 Å². The lowest BCUT2D eigenvalue weighted by Crippen LogP contribution is -2.08. The quantitative estimate of drug-likeness (QED) is 0.300. The summed E-state index contributed by atoms with van der Waals surface area (Å²) in [4.78, 5) is 21.1. The lowest BCUT2D eigenvalue weighted by Gasteiger charge is -2.09. The first-order chi connectivity index (χ1) is 15.7. The summed E-state index contributed by atoms with van der Waals surface area (Å²) in [6, 6.07) is 12.1. The molecule has 32 heavy (non-hydrogen) atoms. The second-order valence-corrected chi connectivity index (χ2v) is 7.58. The number of carbonyl (C=O) groups is 1. The van der Waals surface area contributed by atoms with E-state index in [1.54, 1.807) is 6.20 Å². The van der Waals surface area contributed by atoms with Crippen molar-refractivity contribution in [3.8, 4) is 22.6 Å². The third-order valence-electron chi connectivity index (χ3n) is 5.28. The Hall–Kier alpha value is -3.75. The predicted octanol–water partition coefficient (Wildman–Crippen LogP) is 3.89. The number of benzene rings is 1. The molecule has 0 unspecified atom stereocenters. The van der Waals surface area contributed by atoms with Crippen LogP contribution in [0.2, 0.25) is 0 Å².